The second-order valence-electron chi connectivity index (χ2n) is 5.36. The Balaban J connectivity index is 2.20. The maximum Gasteiger partial charge on any atom is 0.224 e. The van der Waals surface area contributed by atoms with Gasteiger partial charge in [-0.3, -0.25) is 5.10 Å². The third-order valence-electron chi connectivity index (χ3n) is 3.44. The Morgan fingerprint density at radius 1 is 1.29 bits per heavy atom. The molecule has 0 aliphatic rings. The van der Waals surface area contributed by atoms with E-state index in [1.165, 1.54) is 6.20 Å². The van der Waals surface area contributed by atoms with E-state index in [0.29, 0.717) is 21.5 Å². The van der Waals surface area contributed by atoms with Crippen molar-refractivity contribution in [3.8, 4) is 0 Å². The summed E-state index contributed by atoms with van der Waals surface area (Å²) in [6, 6.07) is 3.27. The minimum absolute atomic E-state index is 0.0540. The van der Waals surface area contributed by atoms with Gasteiger partial charge in [-0.05, 0) is 53.5 Å². The number of nitrogens with zero attached hydrogens (tertiary/aromatic N) is 3. The van der Waals surface area contributed by atoms with Crippen molar-refractivity contribution in [2.45, 2.75) is 24.0 Å². The molecule has 126 valence electrons. The number of aromatic nitrogens is 4. The second-order valence-corrected chi connectivity index (χ2v) is 9.03. The van der Waals surface area contributed by atoms with Crippen molar-refractivity contribution in [3.63, 3.8) is 0 Å². The molecule has 0 radical (unpaired) electrons. The van der Waals surface area contributed by atoms with Gasteiger partial charge < -0.3 is 5.32 Å². The normalized spacial score (nSPS) is 12.0. The van der Waals surface area contributed by atoms with Crippen LogP contribution in [0.15, 0.2) is 33.9 Å². The molecule has 0 unspecified atom stereocenters. The van der Waals surface area contributed by atoms with E-state index in [0.717, 1.165) is 5.39 Å². The highest BCUT2D eigenvalue weighted by Gasteiger charge is 2.24. The minimum atomic E-state index is -3.52. The van der Waals surface area contributed by atoms with Gasteiger partial charge in [0.15, 0.2) is 9.84 Å². The van der Waals surface area contributed by atoms with Crippen molar-refractivity contribution in [1.29, 1.82) is 0 Å². The SMILES string of the molecule is CC(C)S(=O)(=O)c1cc2[nH]ncc2cc1Nc1nc(Cl)ncc1Br. The third kappa shape index (κ3) is 3.11. The summed E-state index contributed by atoms with van der Waals surface area (Å²) < 4.78 is 26.0. The standard InChI is InChI=1S/C14H13BrClN5O2S/c1-7(2)24(22,23)12-4-10-8(5-18-21-10)3-11(12)19-13-9(15)6-17-14(16)20-13/h3-7H,1-2H3,(H,18,21)(H,17,19,20). The molecule has 0 bridgehead atoms. The van der Waals surface area contributed by atoms with Gasteiger partial charge in [-0.15, -0.1) is 0 Å². The van der Waals surface area contributed by atoms with Crippen LogP contribution in [-0.4, -0.2) is 33.8 Å². The zero-order valence-corrected chi connectivity index (χ0v) is 15.9. The van der Waals surface area contributed by atoms with E-state index in [4.69, 9.17) is 11.6 Å². The lowest BCUT2D eigenvalue weighted by molar-refractivity contribution is 0.588. The van der Waals surface area contributed by atoms with Crippen molar-refractivity contribution in [1.82, 2.24) is 20.2 Å². The van der Waals surface area contributed by atoms with Gasteiger partial charge in [0.05, 0.1) is 32.0 Å². The predicted molar refractivity (Wildman–Crippen MR) is 96.4 cm³/mol. The lowest BCUT2D eigenvalue weighted by Gasteiger charge is -2.15. The van der Waals surface area contributed by atoms with Crippen LogP contribution < -0.4 is 5.32 Å². The van der Waals surface area contributed by atoms with Crippen molar-refractivity contribution >= 4 is 59.8 Å². The fraction of sp³-hybridized carbons (Fsp3) is 0.214. The smallest absolute Gasteiger partial charge is 0.224 e. The van der Waals surface area contributed by atoms with E-state index in [9.17, 15) is 8.42 Å². The van der Waals surface area contributed by atoms with E-state index >= 15 is 0 Å². The number of halogens is 2. The molecule has 10 heteroatoms. The monoisotopic (exact) mass is 429 g/mol. The van der Waals surface area contributed by atoms with E-state index in [2.05, 4.69) is 41.4 Å². The van der Waals surface area contributed by atoms with E-state index in [1.807, 2.05) is 0 Å². The molecule has 0 aliphatic carbocycles. The number of hydrogen-bond donors (Lipinski definition) is 2. The molecule has 0 saturated heterocycles. The van der Waals surface area contributed by atoms with Crippen LogP contribution in [0.5, 0.6) is 0 Å². The van der Waals surface area contributed by atoms with Crippen LogP contribution in [-0.2, 0) is 9.84 Å². The third-order valence-corrected chi connectivity index (χ3v) is 6.39. The summed E-state index contributed by atoms with van der Waals surface area (Å²) in [4.78, 5) is 8.10. The van der Waals surface area contributed by atoms with Gasteiger partial charge in [-0.25, -0.2) is 13.4 Å². The first-order valence-electron chi connectivity index (χ1n) is 6.95. The molecule has 2 N–H and O–H groups in total. The molecule has 3 rings (SSSR count). The zero-order valence-electron chi connectivity index (χ0n) is 12.7. The Kier molecular flexibility index (Phi) is 4.50. The molecule has 7 nitrogen and oxygen atoms in total. The van der Waals surface area contributed by atoms with E-state index < -0.39 is 15.1 Å². The highest BCUT2D eigenvalue weighted by Crippen LogP contribution is 2.33. The molecule has 2 heterocycles. The van der Waals surface area contributed by atoms with E-state index in [1.54, 1.807) is 32.2 Å². The van der Waals surface area contributed by atoms with Crippen LogP contribution in [0.1, 0.15) is 13.8 Å². The maximum atomic E-state index is 12.7. The average molecular weight is 431 g/mol. The second kappa shape index (κ2) is 6.30. The molecular formula is C14H13BrClN5O2S. The molecule has 0 spiro atoms. The Labute approximate surface area is 151 Å². The summed E-state index contributed by atoms with van der Waals surface area (Å²) >= 11 is 9.14. The number of sulfone groups is 1. The largest absolute Gasteiger partial charge is 0.338 e. The van der Waals surface area contributed by atoms with Gasteiger partial charge >= 0.3 is 0 Å². The molecule has 0 amide bonds. The van der Waals surface area contributed by atoms with Crippen molar-refractivity contribution < 1.29 is 8.42 Å². The van der Waals surface area contributed by atoms with Gasteiger partial charge in [0.25, 0.3) is 0 Å². The molecule has 1 aromatic carbocycles. The predicted octanol–water partition coefficient (Wildman–Crippen LogP) is 3.69. The van der Waals surface area contributed by atoms with Gasteiger partial charge in [0.1, 0.15) is 5.82 Å². The summed E-state index contributed by atoms with van der Waals surface area (Å²) in [6.07, 6.45) is 3.11. The molecule has 2 aromatic heterocycles. The zero-order chi connectivity index (χ0) is 17.5. The molecule has 24 heavy (non-hydrogen) atoms. The number of anilines is 2. The number of aromatic amines is 1. The summed E-state index contributed by atoms with van der Waals surface area (Å²) in [5, 5.41) is 10.0. The van der Waals surface area contributed by atoms with Crippen LogP contribution in [0.2, 0.25) is 5.28 Å². The quantitative estimate of drug-likeness (QED) is 0.612. The van der Waals surface area contributed by atoms with Gasteiger partial charge in [-0.2, -0.15) is 10.1 Å². The highest BCUT2D eigenvalue weighted by atomic mass is 79.9. The van der Waals surface area contributed by atoms with Crippen molar-refractivity contribution in [2.75, 3.05) is 5.32 Å². The number of rotatable bonds is 4. The maximum absolute atomic E-state index is 12.7. The molecule has 0 atom stereocenters. The molecule has 0 saturated carbocycles. The Morgan fingerprint density at radius 2 is 2.04 bits per heavy atom. The van der Waals surface area contributed by atoms with Gasteiger partial charge in [-0.1, -0.05) is 0 Å². The van der Waals surface area contributed by atoms with Crippen LogP contribution >= 0.6 is 27.5 Å². The van der Waals surface area contributed by atoms with Crippen LogP contribution in [0.4, 0.5) is 11.5 Å². The molecule has 0 aliphatic heterocycles. The first kappa shape index (κ1) is 17.1. The summed E-state index contributed by atoms with van der Waals surface area (Å²) in [6.45, 7) is 3.27. The Morgan fingerprint density at radius 3 is 2.75 bits per heavy atom. The topological polar surface area (TPSA) is 101 Å². The lowest BCUT2D eigenvalue weighted by Crippen LogP contribution is -2.16. The fourth-order valence-corrected chi connectivity index (χ4v) is 3.75. The molecule has 3 aromatic rings. The number of nitrogens with one attached hydrogen (secondary N) is 2. The molecule has 0 fully saturated rings. The van der Waals surface area contributed by atoms with Gasteiger partial charge in [0, 0.05) is 11.6 Å². The summed E-state index contributed by atoms with van der Waals surface area (Å²) in [5.41, 5.74) is 1.03. The summed E-state index contributed by atoms with van der Waals surface area (Å²) in [7, 11) is -3.52. The number of H-pyrrole nitrogens is 1. The van der Waals surface area contributed by atoms with Crippen LogP contribution in [0, 0.1) is 0 Å². The number of benzene rings is 1. The first-order chi connectivity index (χ1) is 11.3. The van der Waals surface area contributed by atoms with E-state index in [-0.39, 0.29) is 10.2 Å². The highest BCUT2D eigenvalue weighted by molar-refractivity contribution is 9.10. The lowest BCUT2D eigenvalue weighted by atomic mass is 10.2. The van der Waals surface area contributed by atoms with Crippen molar-refractivity contribution in [3.05, 3.63) is 34.3 Å². The van der Waals surface area contributed by atoms with Gasteiger partial charge in [0.2, 0.25) is 5.28 Å². The Bertz CT molecular complexity index is 1020. The Hall–Kier alpha value is -1.71. The minimum Gasteiger partial charge on any atom is -0.338 e. The number of hydrogen-bond acceptors (Lipinski definition) is 6. The van der Waals surface area contributed by atoms with Crippen LogP contribution in [0.3, 0.4) is 0 Å². The summed E-state index contributed by atoms with van der Waals surface area (Å²) in [5.74, 6) is 0.373. The van der Waals surface area contributed by atoms with Crippen LogP contribution in [0.25, 0.3) is 10.9 Å². The average Bonchev–Trinajstić information content (AvgIpc) is 2.97. The van der Waals surface area contributed by atoms with Crippen molar-refractivity contribution in [2.24, 2.45) is 0 Å². The number of fused-ring (bicyclic) bond motifs is 1. The fourth-order valence-electron chi connectivity index (χ4n) is 2.12. The molecular weight excluding hydrogens is 418 g/mol. The first-order valence-corrected chi connectivity index (χ1v) is 9.67.